The van der Waals surface area contributed by atoms with Crippen molar-refractivity contribution in [3.05, 3.63) is 83.3 Å². The maximum atomic E-state index is 10.5. The van der Waals surface area contributed by atoms with Gasteiger partial charge in [0.1, 0.15) is 24.2 Å². The molecule has 1 N–H and O–H groups in total. The molecule has 0 radical (unpaired) electrons. The molecule has 0 aliphatic carbocycles. The molecule has 0 saturated heterocycles. The summed E-state index contributed by atoms with van der Waals surface area (Å²) in [6.07, 6.45) is 1.03. The normalized spacial score (nSPS) is 12.2. The second-order valence-corrected chi connectivity index (χ2v) is 7.67. The van der Waals surface area contributed by atoms with Gasteiger partial charge in [-0.3, -0.25) is 4.90 Å². The number of anilines is 1. The molecule has 0 aliphatic rings. The Balaban J connectivity index is 1.60. The van der Waals surface area contributed by atoms with Crippen LogP contribution in [0.2, 0.25) is 5.02 Å². The topological polar surface area (TPSA) is 49.1 Å². The Morgan fingerprint density at radius 3 is 2.34 bits per heavy atom. The largest absolute Gasteiger partial charge is 0.491 e. The zero-order valence-electron chi connectivity index (χ0n) is 16.8. The van der Waals surface area contributed by atoms with E-state index in [1.54, 1.807) is 30.5 Å². The van der Waals surface area contributed by atoms with Crippen LogP contribution in [-0.2, 0) is 13.1 Å². The minimum atomic E-state index is -0.637. The van der Waals surface area contributed by atoms with E-state index in [4.69, 9.17) is 20.8 Å². The van der Waals surface area contributed by atoms with E-state index in [-0.39, 0.29) is 6.61 Å². The van der Waals surface area contributed by atoms with Crippen LogP contribution >= 0.6 is 11.6 Å². The van der Waals surface area contributed by atoms with Crippen LogP contribution < -0.4 is 9.64 Å². The summed E-state index contributed by atoms with van der Waals surface area (Å²) in [6.45, 7) is 1.98. The number of hydrogen-bond acceptors (Lipinski definition) is 5. The second-order valence-electron chi connectivity index (χ2n) is 7.23. The Hall–Kier alpha value is -2.47. The highest BCUT2D eigenvalue weighted by Crippen LogP contribution is 2.17. The van der Waals surface area contributed by atoms with Crippen molar-refractivity contribution in [3.63, 3.8) is 0 Å². The zero-order chi connectivity index (χ0) is 20.6. The van der Waals surface area contributed by atoms with Gasteiger partial charge in [-0.05, 0) is 54.1 Å². The molecule has 0 amide bonds. The fourth-order valence-corrected chi connectivity index (χ4v) is 3.17. The molecule has 2 aromatic carbocycles. The molecule has 0 saturated carbocycles. The number of benzene rings is 2. The van der Waals surface area contributed by atoms with Crippen molar-refractivity contribution in [3.8, 4) is 5.75 Å². The summed E-state index contributed by atoms with van der Waals surface area (Å²) in [4.78, 5) is 4.22. The molecule has 29 heavy (non-hydrogen) atoms. The first-order chi connectivity index (χ1) is 14.0. The summed E-state index contributed by atoms with van der Waals surface area (Å²) in [5.74, 6) is 1.55. The second kappa shape index (κ2) is 10.3. The number of furan rings is 1. The van der Waals surface area contributed by atoms with E-state index in [0.29, 0.717) is 30.4 Å². The molecule has 0 aliphatic heterocycles. The number of aliphatic hydroxyl groups is 1. The maximum Gasteiger partial charge on any atom is 0.119 e. The van der Waals surface area contributed by atoms with Crippen molar-refractivity contribution >= 4 is 17.3 Å². The highest BCUT2D eigenvalue weighted by molar-refractivity contribution is 6.30. The van der Waals surface area contributed by atoms with Crippen LogP contribution in [0.25, 0.3) is 0 Å². The van der Waals surface area contributed by atoms with Crippen LogP contribution in [0.1, 0.15) is 11.3 Å². The van der Waals surface area contributed by atoms with Gasteiger partial charge in [0.15, 0.2) is 0 Å². The lowest BCUT2D eigenvalue weighted by Crippen LogP contribution is -2.35. The Morgan fingerprint density at radius 2 is 1.72 bits per heavy atom. The van der Waals surface area contributed by atoms with Gasteiger partial charge in [0, 0.05) is 37.9 Å². The fraction of sp³-hybridized carbons (Fsp3) is 0.304. The SMILES string of the molecule is CN(C)c1ccc(CN(Cc2ccco2)C[C@@H](O)COc2ccc(Cl)cc2)cc1. The molecule has 1 atom stereocenters. The van der Waals surface area contributed by atoms with Crippen LogP contribution in [-0.4, -0.2) is 43.4 Å². The van der Waals surface area contributed by atoms with E-state index in [9.17, 15) is 5.11 Å². The van der Waals surface area contributed by atoms with Crippen LogP contribution in [0.5, 0.6) is 5.75 Å². The summed E-state index contributed by atoms with van der Waals surface area (Å²) >= 11 is 5.89. The van der Waals surface area contributed by atoms with E-state index < -0.39 is 6.10 Å². The lowest BCUT2D eigenvalue weighted by Gasteiger charge is -2.25. The molecular formula is C23H27ClN2O3. The average Bonchev–Trinajstić information content (AvgIpc) is 3.21. The van der Waals surface area contributed by atoms with Crippen LogP contribution in [0.3, 0.4) is 0 Å². The van der Waals surface area contributed by atoms with Gasteiger partial charge in [0.25, 0.3) is 0 Å². The van der Waals surface area contributed by atoms with Gasteiger partial charge in [-0.25, -0.2) is 0 Å². The number of aliphatic hydroxyl groups excluding tert-OH is 1. The minimum absolute atomic E-state index is 0.204. The number of hydrogen-bond donors (Lipinski definition) is 1. The Morgan fingerprint density at radius 1 is 1.00 bits per heavy atom. The molecule has 0 unspecified atom stereocenters. The van der Waals surface area contributed by atoms with Crippen LogP contribution in [0.4, 0.5) is 5.69 Å². The van der Waals surface area contributed by atoms with E-state index in [1.165, 1.54) is 5.56 Å². The number of halogens is 1. The van der Waals surface area contributed by atoms with E-state index >= 15 is 0 Å². The molecule has 1 aromatic heterocycles. The standard InChI is InChI=1S/C23H27ClN2O3/c1-25(2)20-9-5-18(6-10-20)14-26(16-23-4-3-13-28-23)15-21(27)17-29-22-11-7-19(24)8-12-22/h3-13,21,27H,14-17H2,1-2H3/t21-/m1/s1. The van der Waals surface area contributed by atoms with Gasteiger partial charge < -0.3 is 19.2 Å². The van der Waals surface area contributed by atoms with Gasteiger partial charge in [-0.15, -0.1) is 0 Å². The molecule has 0 spiro atoms. The van der Waals surface area contributed by atoms with E-state index in [0.717, 1.165) is 11.4 Å². The quantitative estimate of drug-likeness (QED) is 0.531. The van der Waals surface area contributed by atoms with Gasteiger partial charge >= 0.3 is 0 Å². The summed E-state index contributed by atoms with van der Waals surface area (Å²) in [7, 11) is 4.05. The van der Waals surface area contributed by atoms with Crippen molar-refractivity contribution in [1.29, 1.82) is 0 Å². The van der Waals surface area contributed by atoms with E-state index in [2.05, 4.69) is 34.1 Å². The zero-order valence-corrected chi connectivity index (χ0v) is 17.5. The van der Waals surface area contributed by atoms with Crippen LogP contribution in [0, 0.1) is 0 Å². The van der Waals surface area contributed by atoms with Crippen molar-refractivity contribution < 1.29 is 14.3 Å². The Bertz CT molecular complexity index is 849. The summed E-state index contributed by atoms with van der Waals surface area (Å²) in [5.41, 5.74) is 2.33. The first-order valence-electron chi connectivity index (χ1n) is 9.57. The highest BCUT2D eigenvalue weighted by Gasteiger charge is 2.15. The third-order valence-electron chi connectivity index (χ3n) is 4.54. The third-order valence-corrected chi connectivity index (χ3v) is 4.80. The first-order valence-corrected chi connectivity index (χ1v) is 9.95. The fourth-order valence-electron chi connectivity index (χ4n) is 3.04. The van der Waals surface area contributed by atoms with Crippen molar-refractivity contribution in [2.45, 2.75) is 19.2 Å². The number of ether oxygens (including phenoxy) is 1. The summed E-state index contributed by atoms with van der Waals surface area (Å²) in [6, 6.07) is 19.4. The third kappa shape index (κ3) is 6.82. The monoisotopic (exact) mass is 414 g/mol. The molecule has 3 aromatic rings. The Labute approximate surface area is 177 Å². The molecule has 0 bridgehead atoms. The molecular weight excluding hydrogens is 388 g/mol. The minimum Gasteiger partial charge on any atom is -0.491 e. The molecule has 3 rings (SSSR count). The van der Waals surface area contributed by atoms with Crippen molar-refractivity contribution in [2.24, 2.45) is 0 Å². The summed E-state index contributed by atoms with van der Waals surface area (Å²) in [5, 5.41) is 11.2. The first kappa shape index (κ1) is 21.2. The molecule has 0 fully saturated rings. The van der Waals surface area contributed by atoms with Crippen molar-refractivity contribution in [1.82, 2.24) is 4.90 Å². The van der Waals surface area contributed by atoms with Gasteiger partial charge in [-0.1, -0.05) is 23.7 Å². The van der Waals surface area contributed by atoms with Crippen molar-refractivity contribution in [2.75, 3.05) is 32.1 Å². The van der Waals surface area contributed by atoms with Gasteiger partial charge in [0.2, 0.25) is 0 Å². The molecule has 6 heteroatoms. The highest BCUT2D eigenvalue weighted by atomic mass is 35.5. The molecule has 154 valence electrons. The van der Waals surface area contributed by atoms with Gasteiger partial charge in [-0.2, -0.15) is 0 Å². The predicted molar refractivity (Wildman–Crippen MR) is 117 cm³/mol. The smallest absolute Gasteiger partial charge is 0.119 e. The lowest BCUT2D eigenvalue weighted by atomic mass is 10.1. The molecule has 5 nitrogen and oxygen atoms in total. The predicted octanol–water partition coefficient (Wildman–Crippen LogP) is 4.44. The number of nitrogens with zero attached hydrogens (tertiary/aromatic N) is 2. The van der Waals surface area contributed by atoms with E-state index in [1.807, 2.05) is 26.2 Å². The Kier molecular flexibility index (Phi) is 7.58. The van der Waals surface area contributed by atoms with Gasteiger partial charge in [0.05, 0.1) is 12.8 Å². The maximum absolute atomic E-state index is 10.5. The average molecular weight is 415 g/mol. The van der Waals surface area contributed by atoms with Crippen LogP contribution in [0.15, 0.2) is 71.3 Å². The lowest BCUT2D eigenvalue weighted by molar-refractivity contribution is 0.0605. The number of rotatable bonds is 10. The summed E-state index contributed by atoms with van der Waals surface area (Å²) < 4.78 is 11.2. The molecule has 1 heterocycles.